The molecule has 0 saturated heterocycles. The number of aliphatic carboxylic acids is 1. The van der Waals surface area contributed by atoms with Gasteiger partial charge in [-0.1, -0.05) is 34.1 Å². The quantitative estimate of drug-likeness (QED) is 0.627. The van der Waals surface area contributed by atoms with Gasteiger partial charge in [-0.25, -0.2) is 0 Å². The Labute approximate surface area is 116 Å². The lowest BCUT2D eigenvalue weighted by atomic mass is 9.82. The van der Waals surface area contributed by atoms with Gasteiger partial charge >= 0.3 is 5.97 Å². The summed E-state index contributed by atoms with van der Waals surface area (Å²) in [5.74, 6) is -2.11. The van der Waals surface area contributed by atoms with E-state index in [0.717, 1.165) is 19.3 Å². The minimum absolute atomic E-state index is 0.0275. The van der Waals surface area contributed by atoms with Gasteiger partial charge in [-0.05, 0) is 19.3 Å². The molecule has 0 radical (unpaired) electrons. The summed E-state index contributed by atoms with van der Waals surface area (Å²) in [4.78, 5) is 23.5. The summed E-state index contributed by atoms with van der Waals surface area (Å²) in [6.45, 7) is 8.14. The minimum atomic E-state index is -0.923. The van der Waals surface area contributed by atoms with E-state index in [1.165, 1.54) is 0 Å². The molecule has 0 aromatic rings. The first-order valence-corrected chi connectivity index (χ1v) is 7.36. The summed E-state index contributed by atoms with van der Waals surface area (Å²) in [6, 6.07) is 0. The third kappa shape index (κ3) is 6.19. The number of Topliss-reactive ketones (excluding diaryl/α,β-unsaturated/α-hetero) is 1. The van der Waals surface area contributed by atoms with E-state index in [0.29, 0.717) is 19.4 Å². The second-order valence-corrected chi connectivity index (χ2v) is 5.04. The highest BCUT2D eigenvalue weighted by molar-refractivity contribution is 5.86. The van der Waals surface area contributed by atoms with Gasteiger partial charge in [-0.15, -0.1) is 0 Å². The topological polar surface area (TPSA) is 63.6 Å². The molecule has 3 unspecified atom stereocenters. The fourth-order valence-corrected chi connectivity index (χ4v) is 2.22. The van der Waals surface area contributed by atoms with Gasteiger partial charge in [-0.2, -0.15) is 0 Å². The van der Waals surface area contributed by atoms with Crippen LogP contribution in [-0.4, -0.2) is 29.6 Å². The van der Waals surface area contributed by atoms with Crippen LogP contribution in [0.4, 0.5) is 0 Å². The molecule has 0 aromatic carbocycles. The molecule has 0 aromatic heterocycles. The molecule has 0 fully saturated rings. The lowest BCUT2D eigenvalue weighted by molar-refractivity contribution is -0.150. The van der Waals surface area contributed by atoms with Crippen molar-refractivity contribution in [1.82, 2.24) is 0 Å². The molecule has 112 valence electrons. The molecule has 3 atom stereocenters. The van der Waals surface area contributed by atoms with Gasteiger partial charge in [0.25, 0.3) is 0 Å². The number of ether oxygens (including phenoxy) is 1. The average Bonchev–Trinajstić information content (AvgIpc) is 2.39. The van der Waals surface area contributed by atoms with E-state index in [1.807, 2.05) is 20.8 Å². The molecular weight excluding hydrogens is 244 g/mol. The van der Waals surface area contributed by atoms with E-state index in [2.05, 4.69) is 0 Å². The van der Waals surface area contributed by atoms with E-state index < -0.39 is 17.8 Å². The maximum Gasteiger partial charge on any atom is 0.307 e. The van der Waals surface area contributed by atoms with Crippen LogP contribution in [0.15, 0.2) is 0 Å². The van der Waals surface area contributed by atoms with Gasteiger partial charge in [0, 0.05) is 13.0 Å². The first-order valence-electron chi connectivity index (χ1n) is 7.36. The second kappa shape index (κ2) is 9.96. The molecular formula is C15H28O4. The third-order valence-electron chi connectivity index (χ3n) is 3.42. The van der Waals surface area contributed by atoms with Crippen molar-refractivity contribution in [2.24, 2.45) is 11.8 Å². The lowest BCUT2D eigenvalue weighted by Crippen LogP contribution is -2.38. The number of carboxylic acids is 1. The minimum Gasteiger partial charge on any atom is -0.481 e. The number of carbonyl (C=O) groups is 2. The summed E-state index contributed by atoms with van der Waals surface area (Å²) in [7, 11) is 0. The maximum absolute atomic E-state index is 12.3. The van der Waals surface area contributed by atoms with Crippen molar-refractivity contribution >= 4 is 11.8 Å². The van der Waals surface area contributed by atoms with Crippen LogP contribution in [0.3, 0.4) is 0 Å². The van der Waals surface area contributed by atoms with Crippen molar-refractivity contribution in [1.29, 1.82) is 0 Å². The largest absolute Gasteiger partial charge is 0.481 e. The summed E-state index contributed by atoms with van der Waals surface area (Å²) in [5, 5.41) is 9.19. The van der Waals surface area contributed by atoms with Crippen LogP contribution >= 0.6 is 0 Å². The van der Waals surface area contributed by atoms with Crippen molar-refractivity contribution < 1.29 is 19.4 Å². The van der Waals surface area contributed by atoms with Crippen molar-refractivity contribution in [2.75, 3.05) is 6.61 Å². The first-order chi connectivity index (χ1) is 8.99. The molecule has 0 aliphatic heterocycles. The number of unbranched alkanes of at least 4 members (excludes halogenated alkanes) is 1. The van der Waals surface area contributed by atoms with Gasteiger partial charge in [0.1, 0.15) is 5.78 Å². The summed E-state index contributed by atoms with van der Waals surface area (Å²) in [5.41, 5.74) is 0. The van der Waals surface area contributed by atoms with Crippen molar-refractivity contribution in [3.63, 3.8) is 0 Å². The van der Waals surface area contributed by atoms with E-state index in [-0.39, 0.29) is 11.9 Å². The molecule has 0 amide bonds. The number of rotatable bonds is 11. The Kier molecular flexibility index (Phi) is 9.48. The fraction of sp³-hybridized carbons (Fsp3) is 0.867. The summed E-state index contributed by atoms with van der Waals surface area (Å²) >= 11 is 0. The number of ketones is 1. The van der Waals surface area contributed by atoms with Crippen LogP contribution in [0.5, 0.6) is 0 Å². The van der Waals surface area contributed by atoms with Gasteiger partial charge in [0.05, 0.1) is 17.9 Å². The molecule has 0 saturated carbocycles. The molecule has 0 aliphatic carbocycles. The number of carboxylic acid groups (broad SMARTS) is 1. The number of hydrogen-bond donors (Lipinski definition) is 1. The smallest absolute Gasteiger partial charge is 0.307 e. The fourth-order valence-electron chi connectivity index (χ4n) is 2.22. The van der Waals surface area contributed by atoms with Gasteiger partial charge < -0.3 is 9.84 Å². The average molecular weight is 272 g/mol. The van der Waals surface area contributed by atoms with Crippen molar-refractivity contribution in [3.8, 4) is 0 Å². The molecule has 0 spiro atoms. The highest BCUT2D eigenvalue weighted by Gasteiger charge is 2.35. The predicted molar refractivity (Wildman–Crippen MR) is 75.1 cm³/mol. The van der Waals surface area contributed by atoms with E-state index in [4.69, 9.17) is 4.74 Å². The molecule has 1 N–H and O–H groups in total. The molecule has 4 heteroatoms. The normalized spacial score (nSPS) is 15.8. The van der Waals surface area contributed by atoms with Gasteiger partial charge in [0.15, 0.2) is 0 Å². The summed E-state index contributed by atoms with van der Waals surface area (Å²) in [6.07, 6.45) is 3.45. The standard InChI is InChI=1S/C15H28O4/c1-5-8-9-12(16)14(11(4)15(17)18)13(7-3)19-10-6-2/h11,13-14H,5-10H2,1-4H3,(H,17,18). The van der Waals surface area contributed by atoms with Crippen LogP contribution < -0.4 is 0 Å². The lowest BCUT2D eigenvalue weighted by Gasteiger charge is -2.28. The number of hydrogen-bond acceptors (Lipinski definition) is 3. The van der Waals surface area contributed by atoms with Crippen molar-refractivity contribution in [2.45, 2.75) is 65.9 Å². The van der Waals surface area contributed by atoms with Crippen LogP contribution in [0, 0.1) is 11.8 Å². The Morgan fingerprint density at radius 1 is 1.16 bits per heavy atom. The predicted octanol–water partition coefficient (Wildman–Crippen LogP) is 3.29. The Balaban J connectivity index is 4.90. The zero-order valence-corrected chi connectivity index (χ0v) is 12.6. The van der Waals surface area contributed by atoms with Gasteiger partial charge in [0.2, 0.25) is 0 Å². The zero-order valence-electron chi connectivity index (χ0n) is 12.6. The third-order valence-corrected chi connectivity index (χ3v) is 3.42. The van der Waals surface area contributed by atoms with E-state index in [9.17, 15) is 14.7 Å². The Morgan fingerprint density at radius 3 is 2.21 bits per heavy atom. The van der Waals surface area contributed by atoms with Crippen molar-refractivity contribution in [3.05, 3.63) is 0 Å². The summed E-state index contributed by atoms with van der Waals surface area (Å²) < 4.78 is 5.69. The molecule has 4 nitrogen and oxygen atoms in total. The zero-order chi connectivity index (χ0) is 14.8. The maximum atomic E-state index is 12.3. The Morgan fingerprint density at radius 2 is 1.79 bits per heavy atom. The van der Waals surface area contributed by atoms with E-state index in [1.54, 1.807) is 6.92 Å². The second-order valence-electron chi connectivity index (χ2n) is 5.04. The molecule has 0 bridgehead atoms. The Hall–Kier alpha value is -0.900. The van der Waals surface area contributed by atoms with Crippen LogP contribution in [-0.2, 0) is 14.3 Å². The Bertz CT molecular complexity index is 275. The molecule has 19 heavy (non-hydrogen) atoms. The monoisotopic (exact) mass is 272 g/mol. The number of carbonyl (C=O) groups excluding carboxylic acids is 1. The van der Waals surface area contributed by atoms with E-state index >= 15 is 0 Å². The van der Waals surface area contributed by atoms with Crippen LogP contribution in [0.2, 0.25) is 0 Å². The molecule has 0 heterocycles. The SMILES string of the molecule is CCCCC(=O)C(C(CC)OCCC)C(C)C(=O)O. The highest BCUT2D eigenvalue weighted by Crippen LogP contribution is 2.25. The molecule has 0 aliphatic rings. The first kappa shape index (κ1) is 18.1. The molecule has 0 rings (SSSR count). The van der Waals surface area contributed by atoms with Gasteiger partial charge in [-0.3, -0.25) is 9.59 Å². The van der Waals surface area contributed by atoms with Crippen LogP contribution in [0.25, 0.3) is 0 Å². The highest BCUT2D eigenvalue weighted by atomic mass is 16.5. The van der Waals surface area contributed by atoms with Crippen LogP contribution in [0.1, 0.15) is 59.8 Å².